The Labute approximate surface area is 117 Å². The van der Waals surface area contributed by atoms with Gasteiger partial charge in [0, 0.05) is 6.04 Å². The molecular formula is C13H18N6O. The molecule has 0 unspecified atom stereocenters. The summed E-state index contributed by atoms with van der Waals surface area (Å²) >= 11 is 0. The number of benzene rings is 1. The van der Waals surface area contributed by atoms with Crippen LogP contribution in [0.2, 0.25) is 0 Å². The van der Waals surface area contributed by atoms with Crippen LogP contribution in [-0.2, 0) is 11.3 Å². The summed E-state index contributed by atoms with van der Waals surface area (Å²) in [6, 6.07) is 9.76. The summed E-state index contributed by atoms with van der Waals surface area (Å²) in [6.07, 6.45) is 0. The smallest absolute Gasteiger partial charge is 0.234 e. The first kappa shape index (κ1) is 14.1. The molecule has 1 aromatic heterocycles. The number of carbonyl (C=O) groups excluding carboxylic acids is 1. The van der Waals surface area contributed by atoms with Gasteiger partial charge in [0.25, 0.3) is 0 Å². The molecule has 20 heavy (non-hydrogen) atoms. The first-order valence-corrected chi connectivity index (χ1v) is 6.49. The highest BCUT2D eigenvalue weighted by Crippen LogP contribution is 2.06. The Hall–Kier alpha value is -2.28. The molecule has 2 N–H and O–H groups in total. The molecule has 7 heteroatoms. The molecule has 2 rings (SSSR count). The van der Waals surface area contributed by atoms with Gasteiger partial charge in [0.05, 0.1) is 18.8 Å². The molecular weight excluding hydrogens is 256 g/mol. The number of nitrogens with one attached hydrogen (secondary N) is 2. The van der Waals surface area contributed by atoms with Gasteiger partial charge in [-0.15, -0.1) is 5.10 Å². The van der Waals surface area contributed by atoms with E-state index in [2.05, 4.69) is 26.2 Å². The van der Waals surface area contributed by atoms with Gasteiger partial charge >= 0.3 is 0 Å². The minimum atomic E-state index is -0.0428. The maximum atomic E-state index is 11.5. The summed E-state index contributed by atoms with van der Waals surface area (Å²) in [6.45, 7) is 4.51. The van der Waals surface area contributed by atoms with Crippen LogP contribution in [-0.4, -0.2) is 38.7 Å². The van der Waals surface area contributed by atoms with Gasteiger partial charge in [-0.1, -0.05) is 18.2 Å². The summed E-state index contributed by atoms with van der Waals surface area (Å²) in [5, 5.41) is 17.4. The van der Waals surface area contributed by atoms with E-state index in [0.29, 0.717) is 12.4 Å². The Balaban J connectivity index is 1.92. The van der Waals surface area contributed by atoms with Gasteiger partial charge < -0.3 is 10.6 Å². The Morgan fingerprint density at radius 2 is 2.05 bits per heavy atom. The van der Waals surface area contributed by atoms with Crippen molar-refractivity contribution >= 4 is 5.91 Å². The normalized spacial score (nSPS) is 10.8. The van der Waals surface area contributed by atoms with Crippen LogP contribution >= 0.6 is 0 Å². The van der Waals surface area contributed by atoms with Gasteiger partial charge in [-0.3, -0.25) is 4.79 Å². The standard InChI is InChI=1S/C13H18N6O/c1-10(2)15-13(20)9-14-8-12-16-17-18-19(12)11-6-4-3-5-7-11/h3-7,10,14H,8-9H2,1-2H3,(H,15,20). The molecule has 0 aliphatic rings. The van der Waals surface area contributed by atoms with Gasteiger partial charge in [-0.05, 0) is 36.4 Å². The highest BCUT2D eigenvalue weighted by atomic mass is 16.1. The van der Waals surface area contributed by atoms with Gasteiger partial charge in [0.2, 0.25) is 5.91 Å². The average molecular weight is 274 g/mol. The predicted molar refractivity (Wildman–Crippen MR) is 74.1 cm³/mol. The first-order chi connectivity index (χ1) is 9.66. The number of para-hydroxylation sites is 1. The van der Waals surface area contributed by atoms with Gasteiger partial charge in [0.15, 0.2) is 5.82 Å². The van der Waals surface area contributed by atoms with Gasteiger partial charge in [0.1, 0.15) is 0 Å². The Morgan fingerprint density at radius 1 is 1.30 bits per heavy atom. The summed E-state index contributed by atoms with van der Waals surface area (Å²) in [5.74, 6) is 0.618. The number of amides is 1. The average Bonchev–Trinajstić information content (AvgIpc) is 2.87. The number of nitrogens with zero attached hydrogens (tertiary/aromatic N) is 4. The fourth-order valence-corrected chi connectivity index (χ4v) is 1.75. The SMILES string of the molecule is CC(C)NC(=O)CNCc1nnnn1-c1ccccc1. The monoisotopic (exact) mass is 274 g/mol. The number of aromatic nitrogens is 4. The minimum absolute atomic E-state index is 0.0428. The number of rotatable bonds is 6. The highest BCUT2D eigenvalue weighted by molar-refractivity contribution is 5.78. The topological polar surface area (TPSA) is 84.7 Å². The van der Waals surface area contributed by atoms with Crippen LogP contribution in [0.25, 0.3) is 5.69 Å². The van der Waals surface area contributed by atoms with Crippen LogP contribution in [0.3, 0.4) is 0 Å². The second-order valence-electron chi connectivity index (χ2n) is 4.67. The molecule has 1 aromatic carbocycles. The number of carbonyl (C=O) groups is 1. The zero-order valence-corrected chi connectivity index (χ0v) is 11.6. The molecule has 0 saturated heterocycles. The molecule has 106 valence electrons. The molecule has 1 heterocycles. The number of hydrogen-bond donors (Lipinski definition) is 2. The molecule has 0 bridgehead atoms. The Kier molecular flexibility index (Phi) is 4.78. The molecule has 7 nitrogen and oxygen atoms in total. The zero-order chi connectivity index (χ0) is 14.4. The zero-order valence-electron chi connectivity index (χ0n) is 11.6. The third kappa shape index (κ3) is 3.86. The molecule has 0 fully saturated rings. The van der Waals surface area contributed by atoms with Gasteiger partial charge in [-0.2, -0.15) is 4.68 Å². The van der Waals surface area contributed by atoms with E-state index in [1.54, 1.807) is 4.68 Å². The third-order valence-electron chi connectivity index (χ3n) is 2.55. The third-order valence-corrected chi connectivity index (χ3v) is 2.55. The van der Waals surface area contributed by atoms with Crippen molar-refractivity contribution in [3.63, 3.8) is 0 Å². The van der Waals surface area contributed by atoms with Crippen molar-refractivity contribution in [1.29, 1.82) is 0 Å². The van der Waals surface area contributed by atoms with Crippen molar-refractivity contribution in [2.45, 2.75) is 26.4 Å². The lowest BCUT2D eigenvalue weighted by molar-refractivity contribution is -0.120. The number of hydrogen-bond acceptors (Lipinski definition) is 5. The fourth-order valence-electron chi connectivity index (χ4n) is 1.75. The summed E-state index contributed by atoms with van der Waals surface area (Å²) in [4.78, 5) is 11.5. The van der Waals surface area contributed by atoms with Crippen molar-refractivity contribution < 1.29 is 4.79 Å². The summed E-state index contributed by atoms with van der Waals surface area (Å²) in [5.41, 5.74) is 0.890. The summed E-state index contributed by atoms with van der Waals surface area (Å²) < 4.78 is 1.65. The van der Waals surface area contributed by atoms with Crippen LogP contribution < -0.4 is 10.6 Å². The lowest BCUT2D eigenvalue weighted by atomic mass is 10.3. The lowest BCUT2D eigenvalue weighted by Crippen LogP contribution is -2.37. The quantitative estimate of drug-likeness (QED) is 0.790. The number of tetrazole rings is 1. The lowest BCUT2D eigenvalue weighted by Gasteiger charge is -2.09. The van der Waals surface area contributed by atoms with Crippen molar-refractivity contribution in [2.75, 3.05) is 6.54 Å². The van der Waals surface area contributed by atoms with Gasteiger partial charge in [-0.25, -0.2) is 0 Å². The molecule has 0 spiro atoms. The summed E-state index contributed by atoms with van der Waals surface area (Å²) in [7, 11) is 0. The molecule has 0 radical (unpaired) electrons. The molecule has 1 amide bonds. The van der Waals surface area contributed by atoms with E-state index in [-0.39, 0.29) is 18.5 Å². The van der Waals surface area contributed by atoms with Crippen LogP contribution in [0, 0.1) is 0 Å². The van der Waals surface area contributed by atoms with E-state index < -0.39 is 0 Å². The first-order valence-electron chi connectivity index (χ1n) is 6.49. The van der Waals surface area contributed by atoms with E-state index in [0.717, 1.165) is 5.69 Å². The molecule has 2 aromatic rings. The van der Waals surface area contributed by atoms with Crippen molar-refractivity contribution in [3.8, 4) is 5.69 Å². The van der Waals surface area contributed by atoms with Crippen LogP contribution in [0.5, 0.6) is 0 Å². The Morgan fingerprint density at radius 3 is 2.75 bits per heavy atom. The maximum Gasteiger partial charge on any atom is 0.234 e. The van der Waals surface area contributed by atoms with Crippen molar-refractivity contribution in [3.05, 3.63) is 36.2 Å². The fraction of sp³-hybridized carbons (Fsp3) is 0.385. The largest absolute Gasteiger partial charge is 0.353 e. The van der Waals surface area contributed by atoms with E-state index in [1.165, 1.54) is 0 Å². The Bertz CT molecular complexity index is 551. The van der Waals surface area contributed by atoms with Crippen molar-refractivity contribution in [1.82, 2.24) is 30.8 Å². The maximum absolute atomic E-state index is 11.5. The molecule has 0 aliphatic carbocycles. The van der Waals surface area contributed by atoms with E-state index in [9.17, 15) is 4.79 Å². The highest BCUT2D eigenvalue weighted by Gasteiger charge is 2.08. The van der Waals surface area contributed by atoms with E-state index in [1.807, 2.05) is 44.2 Å². The van der Waals surface area contributed by atoms with E-state index in [4.69, 9.17) is 0 Å². The van der Waals surface area contributed by atoms with Crippen LogP contribution in [0.1, 0.15) is 19.7 Å². The molecule has 0 aliphatic heterocycles. The minimum Gasteiger partial charge on any atom is -0.353 e. The second kappa shape index (κ2) is 6.76. The van der Waals surface area contributed by atoms with Crippen LogP contribution in [0.4, 0.5) is 0 Å². The molecule has 0 saturated carbocycles. The predicted octanol–water partition coefficient (Wildman–Crippen LogP) is 0.277. The van der Waals surface area contributed by atoms with Crippen molar-refractivity contribution in [2.24, 2.45) is 0 Å². The van der Waals surface area contributed by atoms with Crippen LogP contribution in [0.15, 0.2) is 30.3 Å². The van der Waals surface area contributed by atoms with E-state index >= 15 is 0 Å². The second-order valence-corrected chi connectivity index (χ2v) is 4.67. The molecule has 0 atom stereocenters.